The van der Waals surface area contributed by atoms with E-state index >= 15 is 0 Å². The summed E-state index contributed by atoms with van der Waals surface area (Å²) in [6, 6.07) is 7.63. The van der Waals surface area contributed by atoms with E-state index in [-0.39, 0.29) is 5.91 Å². The van der Waals surface area contributed by atoms with Crippen LogP contribution >= 0.6 is 11.6 Å². The Hall–Kier alpha value is -1.26. The summed E-state index contributed by atoms with van der Waals surface area (Å²) < 4.78 is 5.66. The third-order valence-electron chi connectivity index (χ3n) is 5.02. The summed E-state index contributed by atoms with van der Waals surface area (Å²) in [5.74, 6) is 2.15. The van der Waals surface area contributed by atoms with Gasteiger partial charge in [-0.15, -0.1) is 0 Å². The molecule has 1 aliphatic carbocycles. The molecule has 0 bridgehead atoms. The molecule has 134 valence electrons. The van der Waals surface area contributed by atoms with Crippen molar-refractivity contribution < 1.29 is 9.53 Å². The summed E-state index contributed by atoms with van der Waals surface area (Å²) in [6.45, 7) is 6.18. The van der Waals surface area contributed by atoms with Crippen LogP contribution in [0.3, 0.4) is 0 Å². The summed E-state index contributed by atoms with van der Waals surface area (Å²) in [5, 5.41) is 3.90. The number of carbonyl (C=O) groups excluding carboxylic acids is 1. The van der Waals surface area contributed by atoms with Gasteiger partial charge in [-0.1, -0.05) is 38.3 Å². The Labute approximate surface area is 150 Å². The van der Waals surface area contributed by atoms with Crippen molar-refractivity contribution in [1.29, 1.82) is 0 Å². The van der Waals surface area contributed by atoms with E-state index in [9.17, 15) is 4.79 Å². The Bertz CT molecular complexity index is 521. The highest BCUT2D eigenvalue weighted by Crippen LogP contribution is 2.29. The molecule has 3 unspecified atom stereocenters. The maximum absolute atomic E-state index is 12.2. The van der Waals surface area contributed by atoms with Crippen LogP contribution in [0.1, 0.15) is 33.1 Å². The fourth-order valence-corrected chi connectivity index (χ4v) is 3.34. The summed E-state index contributed by atoms with van der Waals surface area (Å²) in [5.41, 5.74) is 0. The van der Waals surface area contributed by atoms with Crippen LogP contribution in [0.25, 0.3) is 0 Å². The summed E-state index contributed by atoms with van der Waals surface area (Å²) in [4.78, 5) is 14.2. The highest BCUT2D eigenvalue weighted by Gasteiger charge is 2.28. The van der Waals surface area contributed by atoms with Crippen molar-refractivity contribution in [3.63, 3.8) is 0 Å². The zero-order valence-electron chi connectivity index (χ0n) is 14.9. The van der Waals surface area contributed by atoms with Crippen LogP contribution in [0.2, 0.25) is 5.02 Å². The quantitative estimate of drug-likeness (QED) is 0.815. The van der Waals surface area contributed by atoms with Gasteiger partial charge in [0.05, 0.1) is 6.54 Å². The number of rotatable bonds is 7. The molecular formula is C19H29ClN2O2. The molecule has 0 aromatic heterocycles. The molecule has 24 heavy (non-hydrogen) atoms. The number of hydrogen-bond donors (Lipinski definition) is 1. The second-order valence-electron chi connectivity index (χ2n) is 6.98. The topological polar surface area (TPSA) is 41.6 Å². The van der Waals surface area contributed by atoms with E-state index in [1.54, 1.807) is 12.1 Å². The molecule has 1 fully saturated rings. The fraction of sp³-hybridized carbons (Fsp3) is 0.632. The molecule has 0 spiro atoms. The molecule has 5 heteroatoms. The van der Waals surface area contributed by atoms with Crippen LogP contribution in [0.15, 0.2) is 24.3 Å². The second kappa shape index (κ2) is 9.28. The van der Waals surface area contributed by atoms with Crippen LogP contribution in [0.5, 0.6) is 5.75 Å². The van der Waals surface area contributed by atoms with Gasteiger partial charge in [0.15, 0.2) is 0 Å². The van der Waals surface area contributed by atoms with Crippen molar-refractivity contribution >= 4 is 17.5 Å². The number of nitrogens with zero attached hydrogens (tertiary/aromatic N) is 1. The molecule has 1 aromatic carbocycles. The SMILES string of the molecule is CC1CCCC(NC(=O)CN(C)CCOc2ccc(Cl)cc2)C1C. The van der Waals surface area contributed by atoms with Crippen molar-refractivity contribution in [2.45, 2.75) is 39.2 Å². The van der Waals surface area contributed by atoms with Gasteiger partial charge < -0.3 is 10.1 Å². The number of likely N-dealkylation sites (N-methyl/N-ethyl adjacent to an activating group) is 1. The molecule has 3 atom stereocenters. The first kappa shape index (κ1) is 19.1. The second-order valence-corrected chi connectivity index (χ2v) is 7.42. The van der Waals surface area contributed by atoms with Crippen molar-refractivity contribution in [1.82, 2.24) is 10.2 Å². The van der Waals surface area contributed by atoms with E-state index in [4.69, 9.17) is 16.3 Å². The predicted octanol–water partition coefficient (Wildman–Crippen LogP) is 3.59. The van der Waals surface area contributed by atoms with Crippen molar-refractivity contribution in [3.8, 4) is 5.75 Å². The summed E-state index contributed by atoms with van der Waals surface area (Å²) in [6.07, 6.45) is 3.58. The minimum absolute atomic E-state index is 0.106. The van der Waals surface area contributed by atoms with E-state index in [2.05, 4.69) is 19.2 Å². The molecule has 0 saturated heterocycles. The third kappa shape index (κ3) is 5.99. The Morgan fingerprint density at radius 1 is 1.29 bits per heavy atom. The maximum atomic E-state index is 12.2. The predicted molar refractivity (Wildman–Crippen MR) is 98.6 cm³/mol. The number of ether oxygens (including phenoxy) is 1. The van der Waals surface area contributed by atoms with Crippen LogP contribution in [0, 0.1) is 11.8 Å². The number of halogens is 1. The van der Waals surface area contributed by atoms with Crippen LogP contribution in [0.4, 0.5) is 0 Å². The smallest absolute Gasteiger partial charge is 0.234 e. The van der Waals surface area contributed by atoms with Gasteiger partial charge in [-0.2, -0.15) is 0 Å². The highest BCUT2D eigenvalue weighted by atomic mass is 35.5. The summed E-state index contributed by atoms with van der Waals surface area (Å²) in [7, 11) is 1.94. The van der Waals surface area contributed by atoms with Crippen molar-refractivity contribution in [2.24, 2.45) is 11.8 Å². The van der Waals surface area contributed by atoms with E-state index < -0.39 is 0 Å². The zero-order chi connectivity index (χ0) is 17.5. The first-order valence-corrected chi connectivity index (χ1v) is 9.19. The Morgan fingerprint density at radius 3 is 2.71 bits per heavy atom. The average Bonchev–Trinajstić information content (AvgIpc) is 2.53. The first-order chi connectivity index (χ1) is 11.5. The molecule has 0 aliphatic heterocycles. The maximum Gasteiger partial charge on any atom is 0.234 e. The summed E-state index contributed by atoms with van der Waals surface area (Å²) >= 11 is 5.84. The molecule has 1 aromatic rings. The number of nitrogens with one attached hydrogen (secondary N) is 1. The van der Waals surface area contributed by atoms with Gasteiger partial charge in [0.2, 0.25) is 5.91 Å². The Kier molecular flexibility index (Phi) is 7.38. The van der Waals surface area contributed by atoms with Crippen molar-refractivity contribution in [3.05, 3.63) is 29.3 Å². The minimum atomic E-state index is 0.106. The van der Waals surface area contributed by atoms with Gasteiger partial charge in [-0.05, 0) is 49.6 Å². The standard InChI is InChI=1S/C19H29ClN2O2/c1-14-5-4-6-18(15(14)2)21-19(23)13-22(3)11-12-24-17-9-7-16(20)8-10-17/h7-10,14-15,18H,4-6,11-13H2,1-3H3,(H,21,23). The lowest BCUT2D eigenvalue weighted by Gasteiger charge is -2.35. The molecule has 1 amide bonds. The molecule has 1 saturated carbocycles. The van der Waals surface area contributed by atoms with Gasteiger partial charge in [-0.3, -0.25) is 9.69 Å². The third-order valence-corrected chi connectivity index (χ3v) is 5.27. The fourth-order valence-electron chi connectivity index (χ4n) is 3.21. The molecular weight excluding hydrogens is 324 g/mol. The monoisotopic (exact) mass is 352 g/mol. The molecule has 1 aliphatic rings. The molecule has 1 N–H and O–H groups in total. The molecule has 0 heterocycles. The van der Waals surface area contributed by atoms with Crippen LogP contribution in [-0.2, 0) is 4.79 Å². The van der Waals surface area contributed by atoms with Gasteiger partial charge in [0.1, 0.15) is 12.4 Å². The largest absolute Gasteiger partial charge is 0.492 e. The van der Waals surface area contributed by atoms with Gasteiger partial charge in [0, 0.05) is 17.6 Å². The van der Waals surface area contributed by atoms with E-state index in [0.29, 0.717) is 42.6 Å². The first-order valence-electron chi connectivity index (χ1n) is 8.82. The number of hydrogen-bond acceptors (Lipinski definition) is 3. The lowest BCUT2D eigenvalue weighted by molar-refractivity contribution is -0.123. The zero-order valence-corrected chi connectivity index (χ0v) is 15.7. The minimum Gasteiger partial charge on any atom is -0.492 e. The van der Waals surface area contributed by atoms with Crippen molar-refractivity contribution in [2.75, 3.05) is 26.7 Å². The number of amides is 1. The Morgan fingerprint density at radius 2 is 2.00 bits per heavy atom. The van der Waals surface area contributed by atoms with Gasteiger partial charge in [0.25, 0.3) is 0 Å². The lowest BCUT2D eigenvalue weighted by Crippen LogP contribution is -2.47. The number of benzene rings is 1. The molecule has 0 radical (unpaired) electrons. The van der Waals surface area contributed by atoms with E-state index in [1.807, 2.05) is 24.1 Å². The van der Waals surface area contributed by atoms with E-state index in [1.165, 1.54) is 12.8 Å². The normalized spacial score (nSPS) is 24.0. The average molecular weight is 353 g/mol. The molecule has 4 nitrogen and oxygen atoms in total. The number of carbonyl (C=O) groups is 1. The van der Waals surface area contributed by atoms with Gasteiger partial charge in [-0.25, -0.2) is 0 Å². The van der Waals surface area contributed by atoms with E-state index in [0.717, 1.165) is 12.2 Å². The molecule has 2 rings (SSSR count). The lowest BCUT2D eigenvalue weighted by atomic mass is 9.78. The highest BCUT2D eigenvalue weighted by molar-refractivity contribution is 6.30. The van der Waals surface area contributed by atoms with Gasteiger partial charge >= 0.3 is 0 Å². The Balaban J connectivity index is 1.66. The van der Waals surface area contributed by atoms with Crippen LogP contribution in [-0.4, -0.2) is 43.6 Å². The van der Waals surface area contributed by atoms with Crippen LogP contribution < -0.4 is 10.1 Å².